The van der Waals surface area contributed by atoms with Crippen LogP contribution in [0.1, 0.15) is 25.8 Å². The zero-order valence-electron chi connectivity index (χ0n) is 10.2. The van der Waals surface area contributed by atoms with Crippen LogP contribution >= 0.6 is 11.6 Å². The quantitative estimate of drug-likeness (QED) is 0.718. The molecule has 2 rings (SSSR count). The summed E-state index contributed by atoms with van der Waals surface area (Å²) in [6, 6.07) is 5.53. The highest BCUT2D eigenvalue weighted by atomic mass is 35.5. The van der Waals surface area contributed by atoms with Gasteiger partial charge in [0, 0.05) is 13.1 Å². The molecule has 17 heavy (non-hydrogen) atoms. The lowest BCUT2D eigenvalue weighted by atomic mass is 9.89. The van der Waals surface area contributed by atoms with Crippen molar-refractivity contribution in [1.82, 2.24) is 4.98 Å². The fourth-order valence-electron chi connectivity index (χ4n) is 2.18. The van der Waals surface area contributed by atoms with E-state index in [9.17, 15) is 0 Å². The molecule has 0 radical (unpaired) electrons. The molecule has 1 aromatic rings. The predicted molar refractivity (Wildman–Crippen MR) is 69.1 cm³/mol. The summed E-state index contributed by atoms with van der Waals surface area (Å²) in [5.74, 6) is 2.23. The van der Waals surface area contributed by atoms with Gasteiger partial charge in [-0.1, -0.05) is 25.4 Å². The first-order chi connectivity index (χ1) is 8.10. The van der Waals surface area contributed by atoms with Crippen LogP contribution < -0.4 is 4.90 Å². The number of hydrogen-bond donors (Lipinski definition) is 0. The number of piperidine rings is 1. The summed E-state index contributed by atoms with van der Waals surface area (Å²) < 4.78 is 0. The van der Waals surface area contributed by atoms with Crippen molar-refractivity contribution in [3.63, 3.8) is 0 Å². The molecule has 4 heteroatoms. The SMILES string of the molecule is CC1CCN(c2cc(C#N)cc(Cl)n2)CC1C. The minimum absolute atomic E-state index is 0.394. The van der Waals surface area contributed by atoms with E-state index >= 15 is 0 Å². The number of nitrogens with zero attached hydrogens (tertiary/aromatic N) is 3. The van der Waals surface area contributed by atoms with Crippen molar-refractivity contribution in [2.24, 2.45) is 11.8 Å². The van der Waals surface area contributed by atoms with Crippen LogP contribution in [0.4, 0.5) is 5.82 Å². The first kappa shape index (κ1) is 12.2. The standard InChI is InChI=1S/C13H16ClN3/c1-9-3-4-17(8-10(9)2)13-6-11(7-15)5-12(14)16-13/h5-6,9-10H,3-4,8H2,1-2H3. The summed E-state index contributed by atoms with van der Waals surface area (Å²) in [6.07, 6.45) is 1.16. The van der Waals surface area contributed by atoms with Crippen LogP contribution in [0.15, 0.2) is 12.1 Å². The molecule has 90 valence electrons. The van der Waals surface area contributed by atoms with Crippen LogP contribution in [0.5, 0.6) is 0 Å². The van der Waals surface area contributed by atoms with Gasteiger partial charge >= 0.3 is 0 Å². The second-order valence-electron chi connectivity index (χ2n) is 4.84. The number of hydrogen-bond acceptors (Lipinski definition) is 3. The molecule has 1 aliphatic heterocycles. The van der Waals surface area contributed by atoms with Gasteiger partial charge < -0.3 is 4.90 Å². The molecule has 2 atom stereocenters. The van der Waals surface area contributed by atoms with E-state index in [-0.39, 0.29) is 0 Å². The number of aromatic nitrogens is 1. The summed E-state index contributed by atoms with van der Waals surface area (Å²) in [5, 5.41) is 9.32. The fraction of sp³-hybridized carbons (Fsp3) is 0.538. The summed E-state index contributed by atoms with van der Waals surface area (Å²) in [6.45, 7) is 6.52. The van der Waals surface area contributed by atoms with Crippen LogP contribution in [0.3, 0.4) is 0 Å². The lowest BCUT2D eigenvalue weighted by Crippen LogP contribution is -2.38. The van der Waals surface area contributed by atoms with E-state index in [1.165, 1.54) is 0 Å². The maximum absolute atomic E-state index is 8.92. The Kier molecular flexibility index (Phi) is 3.54. The summed E-state index contributed by atoms with van der Waals surface area (Å²) in [7, 11) is 0. The molecule has 1 aromatic heterocycles. The molecule has 3 nitrogen and oxygen atoms in total. The van der Waals surface area contributed by atoms with Crippen molar-refractivity contribution in [2.45, 2.75) is 20.3 Å². The minimum Gasteiger partial charge on any atom is -0.356 e. The second kappa shape index (κ2) is 4.93. The van der Waals surface area contributed by atoms with Crippen LogP contribution in [0.25, 0.3) is 0 Å². The highest BCUT2D eigenvalue weighted by molar-refractivity contribution is 6.29. The van der Waals surface area contributed by atoms with Crippen LogP contribution in [0.2, 0.25) is 5.15 Å². The Morgan fingerprint density at radius 3 is 2.82 bits per heavy atom. The van der Waals surface area contributed by atoms with Gasteiger partial charge in [0.25, 0.3) is 0 Å². The van der Waals surface area contributed by atoms with E-state index in [0.717, 1.165) is 31.2 Å². The molecule has 1 saturated heterocycles. The van der Waals surface area contributed by atoms with Crippen molar-refractivity contribution in [2.75, 3.05) is 18.0 Å². The average Bonchev–Trinajstić information content (AvgIpc) is 2.32. The number of rotatable bonds is 1. The van der Waals surface area contributed by atoms with Gasteiger partial charge in [-0.3, -0.25) is 0 Å². The van der Waals surface area contributed by atoms with E-state index in [2.05, 4.69) is 29.8 Å². The Balaban J connectivity index is 2.23. The second-order valence-corrected chi connectivity index (χ2v) is 5.23. The third-order valence-electron chi connectivity index (χ3n) is 3.57. The lowest BCUT2D eigenvalue weighted by Gasteiger charge is -2.36. The Bertz CT molecular complexity index is 452. The fourth-order valence-corrected chi connectivity index (χ4v) is 2.38. The van der Waals surface area contributed by atoms with Gasteiger partial charge in [-0.15, -0.1) is 0 Å². The monoisotopic (exact) mass is 249 g/mol. The third-order valence-corrected chi connectivity index (χ3v) is 3.76. The molecule has 0 aromatic carbocycles. The minimum atomic E-state index is 0.394. The van der Waals surface area contributed by atoms with Gasteiger partial charge in [-0.05, 0) is 30.4 Å². The number of pyridine rings is 1. The molecule has 0 N–H and O–H groups in total. The van der Waals surface area contributed by atoms with E-state index in [1.54, 1.807) is 6.07 Å². The van der Waals surface area contributed by atoms with E-state index in [0.29, 0.717) is 16.6 Å². The maximum Gasteiger partial charge on any atom is 0.132 e. The molecule has 2 unspecified atom stereocenters. The number of anilines is 1. The van der Waals surface area contributed by atoms with Gasteiger partial charge in [0.15, 0.2) is 0 Å². The van der Waals surface area contributed by atoms with E-state index < -0.39 is 0 Å². The van der Waals surface area contributed by atoms with Crippen molar-refractivity contribution >= 4 is 17.4 Å². The molecule has 0 aliphatic carbocycles. The lowest BCUT2D eigenvalue weighted by molar-refractivity contribution is 0.323. The number of nitriles is 1. The van der Waals surface area contributed by atoms with Crippen molar-refractivity contribution < 1.29 is 0 Å². The third kappa shape index (κ3) is 2.70. The Morgan fingerprint density at radius 2 is 2.18 bits per heavy atom. The molecular weight excluding hydrogens is 234 g/mol. The van der Waals surface area contributed by atoms with Gasteiger partial charge in [0.05, 0.1) is 11.6 Å². The molecule has 2 heterocycles. The number of halogens is 1. The maximum atomic E-state index is 8.92. The summed E-state index contributed by atoms with van der Waals surface area (Å²) in [4.78, 5) is 6.52. The normalized spacial score (nSPS) is 24.5. The van der Waals surface area contributed by atoms with Crippen LogP contribution in [0, 0.1) is 23.2 Å². The van der Waals surface area contributed by atoms with Crippen molar-refractivity contribution in [3.8, 4) is 6.07 Å². The topological polar surface area (TPSA) is 39.9 Å². The molecular formula is C13H16ClN3. The molecule has 0 amide bonds. The molecule has 0 spiro atoms. The first-order valence-corrected chi connectivity index (χ1v) is 6.30. The van der Waals surface area contributed by atoms with Gasteiger partial charge in [0.1, 0.15) is 11.0 Å². The van der Waals surface area contributed by atoms with Crippen molar-refractivity contribution in [3.05, 3.63) is 22.8 Å². The van der Waals surface area contributed by atoms with Gasteiger partial charge in [-0.25, -0.2) is 4.98 Å². The molecule has 0 bridgehead atoms. The van der Waals surface area contributed by atoms with Crippen LogP contribution in [-0.2, 0) is 0 Å². The zero-order valence-corrected chi connectivity index (χ0v) is 10.9. The van der Waals surface area contributed by atoms with E-state index in [4.69, 9.17) is 16.9 Å². The molecule has 1 fully saturated rings. The summed E-state index contributed by atoms with van der Waals surface area (Å²) >= 11 is 5.92. The summed E-state index contributed by atoms with van der Waals surface area (Å²) in [5.41, 5.74) is 0.575. The Morgan fingerprint density at radius 1 is 1.41 bits per heavy atom. The van der Waals surface area contributed by atoms with Gasteiger partial charge in [-0.2, -0.15) is 5.26 Å². The average molecular weight is 250 g/mol. The smallest absolute Gasteiger partial charge is 0.132 e. The van der Waals surface area contributed by atoms with Gasteiger partial charge in [0.2, 0.25) is 0 Å². The highest BCUT2D eigenvalue weighted by Gasteiger charge is 2.23. The van der Waals surface area contributed by atoms with E-state index in [1.807, 2.05) is 6.07 Å². The Labute approximate surface area is 107 Å². The first-order valence-electron chi connectivity index (χ1n) is 5.93. The van der Waals surface area contributed by atoms with Crippen LogP contribution in [-0.4, -0.2) is 18.1 Å². The molecule has 0 saturated carbocycles. The Hall–Kier alpha value is -1.27. The predicted octanol–water partition coefficient (Wildman–Crippen LogP) is 3.09. The van der Waals surface area contributed by atoms with Crippen molar-refractivity contribution in [1.29, 1.82) is 5.26 Å². The largest absolute Gasteiger partial charge is 0.356 e. The zero-order chi connectivity index (χ0) is 12.4. The molecule has 1 aliphatic rings. The highest BCUT2D eigenvalue weighted by Crippen LogP contribution is 2.27.